The van der Waals surface area contributed by atoms with Crippen molar-refractivity contribution < 1.29 is 8.42 Å². The first-order valence-electron chi connectivity index (χ1n) is 6.28. The average molecular weight is 270 g/mol. The van der Waals surface area contributed by atoms with Crippen LogP contribution in [0.2, 0.25) is 0 Å². The molecule has 5 heteroatoms. The number of hydrogen-bond acceptors (Lipinski definition) is 4. The highest BCUT2D eigenvalue weighted by Crippen LogP contribution is 2.21. The van der Waals surface area contributed by atoms with Gasteiger partial charge in [0.25, 0.3) is 0 Å². The lowest BCUT2D eigenvalue weighted by Gasteiger charge is -2.18. The normalized spacial score (nSPS) is 13.5. The molecule has 0 fully saturated rings. The maximum absolute atomic E-state index is 11.4. The molecule has 1 rings (SSSR count). The molecular weight excluding hydrogens is 248 g/mol. The van der Waals surface area contributed by atoms with Crippen molar-refractivity contribution in [2.75, 3.05) is 18.6 Å². The van der Waals surface area contributed by atoms with Crippen LogP contribution in [0.3, 0.4) is 0 Å². The molecule has 0 amide bonds. The average Bonchev–Trinajstić information content (AvgIpc) is 2.36. The Labute approximate surface area is 110 Å². The molecule has 0 radical (unpaired) electrons. The molecule has 18 heavy (non-hydrogen) atoms. The fourth-order valence-electron chi connectivity index (χ4n) is 1.98. The molecule has 1 heterocycles. The van der Waals surface area contributed by atoms with Crippen LogP contribution in [0.15, 0.2) is 18.5 Å². The Morgan fingerprint density at radius 1 is 1.44 bits per heavy atom. The third kappa shape index (κ3) is 4.38. The summed E-state index contributed by atoms with van der Waals surface area (Å²) in [6.45, 7) is 3.72. The molecule has 102 valence electrons. The van der Waals surface area contributed by atoms with Gasteiger partial charge in [0, 0.05) is 24.2 Å². The number of sulfone groups is 1. The lowest BCUT2D eigenvalue weighted by Crippen LogP contribution is -2.19. The molecule has 1 atom stereocenters. The Kier molecular flexibility index (Phi) is 5.75. The van der Waals surface area contributed by atoms with Crippen molar-refractivity contribution >= 4 is 9.84 Å². The number of nitrogens with one attached hydrogen (secondary N) is 1. The van der Waals surface area contributed by atoms with E-state index in [1.807, 2.05) is 26.2 Å². The zero-order chi connectivity index (χ0) is 13.6. The summed E-state index contributed by atoms with van der Waals surface area (Å²) in [5.41, 5.74) is 2.33. The Balaban J connectivity index is 2.61. The van der Waals surface area contributed by atoms with Gasteiger partial charge in [-0.3, -0.25) is 4.98 Å². The molecule has 0 aromatic carbocycles. The molecule has 1 unspecified atom stereocenters. The Bertz CT molecular complexity index is 472. The third-order valence-electron chi connectivity index (χ3n) is 3.18. The Morgan fingerprint density at radius 2 is 2.17 bits per heavy atom. The van der Waals surface area contributed by atoms with Crippen LogP contribution in [-0.2, 0) is 9.84 Å². The van der Waals surface area contributed by atoms with Crippen molar-refractivity contribution in [2.45, 2.75) is 32.7 Å². The standard InChI is InChI=1S/C13H22N2O2S/c1-4-18(16,17)9-5-6-13(14-3)12-7-8-15-10-11(12)2/h7-8,10,13-14H,4-6,9H2,1-3H3. The van der Waals surface area contributed by atoms with Crippen LogP contribution in [0.5, 0.6) is 0 Å². The van der Waals surface area contributed by atoms with Crippen LogP contribution in [0.1, 0.15) is 36.9 Å². The highest BCUT2D eigenvalue weighted by molar-refractivity contribution is 7.91. The monoisotopic (exact) mass is 270 g/mol. The largest absolute Gasteiger partial charge is 0.313 e. The first kappa shape index (κ1) is 15.1. The number of rotatable bonds is 7. The van der Waals surface area contributed by atoms with E-state index in [-0.39, 0.29) is 17.5 Å². The molecule has 0 saturated heterocycles. The molecule has 0 spiro atoms. The second kappa shape index (κ2) is 6.85. The Hall–Kier alpha value is -0.940. The van der Waals surface area contributed by atoms with Crippen LogP contribution in [-0.4, -0.2) is 32.0 Å². The minimum absolute atomic E-state index is 0.194. The maximum atomic E-state index is 11.4. The quantitative estimate of drug-likeness (QED) is 0.821. The second-order valence-electron chi connectivity index (χ2n) is 4.45. The fraction of sp³-hybridized carbons (Fsp3) is 0.615. The van der Waals surface area contributed by atoms with E-state index < -0.39 is 9.84 Å². The van der Waals surface area contributed by atoms with Gasteiger partial charge in [-0.25, -0.2) is 8.42 Å². The lowest BCUT2D eigenvalue weighted by atomic mass is 10.00. The molecule has 4 nitrogen and oxygen atoms in total. The number of nitrogens with zero attached hydrogens (tertiary/aromatic N) is 1. The van der Waals surface area contributed by atoms with E-state index >= 15 is 0 Å². The summed E-state index contributed by atoms with van der Waals surface area (Å²) < 4.78 is 22.9. The molecular formula is C13H22N2O2S. The zero-order valence-electron chi connectivity index (χ0n) is 11.3. The van der Waals surface area contributed by atoms with E-state index in [0.717, 1.165) is 12.0 Å². The number of aromatic nitrogens is 1. The minimum atomic E-state index is -2.86. The minimum Gasteiger partial charge on any atom is -0.313 e. The number of aryl methyl sites for hydroxylation is 1. The molecule has 0 aliphatic rings. The summed E-state index contributed by atoms with van der Waals surface area (Å²) >= 11 is 0. The highest BCUT2D eigenvalue weighted by atomic mass is 32.2. The van der Waals surface area contributed by atoms with E-state index in [9.17, 15) is 8.42 Å². The van der Waals surface area contributed by atoms with E-state index in [1.54, 1.807) is 13.1 Å². The predicted molar refractivity (Wildman–Crippen MR) is 74.3 cm³/mol. The second-order valence-corrected chi connectivity index (χ2v) is 6.92. The molecule has 1 aromatic heterocycles. The molecule has 0 bridgehead atoms. The first-order valence-corrected chi connectivity index (χ1v) is 8.10. The molecule has 0 aliphatic carbocycles. The van der Waals surface area contributed by atoms with Crippen molar-refractivity contribution in [1.29, 1.82) is 0 Å². The van der Waals surface area contributed by atoms with Crippen molar-refractivity contribution in [3.05, 3.63) is 29.6 Å². The van der Waals surface area contributed by atoms with Gasteiger partial charge < -0.3 is 5.32 Å². The van der Waals surface area contributed by atoms with Crippen LogP contribution < -0.4 is 5.32 Å². The predicted octanol–water partition coefficient (Wildman–Crippen LogP) is 1.87. The van der Waals surface area contributed by atoms with Crippen molar-refractivity contribution in [3.63, 3.8) is 0 Å². The van der Waals surface area contributed by atoms with Crippen molar-refractivity contribution in [3.8, 4) is 0 Å². The van der Waals surface area contributed by atoms with Gasteiger partial charge in [0.2, 0.25) is 0 Å². The van der Waals surface area contributed by atoms with Gasteiger partial charge in [0.05, 0.1) is 5.75 Å². The van der Waals surface area contributed by atoms with Crippen molar-refractivity contribution in [1.82, 2.24) is 10.3 Å². The lowest BCUT2D eigenvalue weighted by molar-refractivity contribution is 0.533. The van der Waals surface area contributed by atoms with Crippen LogP contribution in [0.25, 0.3) is 0 Å². The van der Waals surface area contributed by atoms with Gasteiger partial charge in [-0.2, -0.15) is 0 Å². The van der Waals surface area contributed by atoms with Gasteiger partial charge in [-0.1, -0.05) is 6.92 Å². The highest BCUT2D eigenvalue weighted by Gasteiger charge is 2.13. The molecule has 0 saturated carbocycles. The third-order valence-corrected chi connectivity index (χ3v) is 4.97. The molecule has 1 aromatic rings. The maximum Gasteiger partial charge on any atom is 0.150 e. The van der Waals surface area contributed by atoms with Gasteiger partial charge in [-0.15, -0.1) is 0 Å². The SMILES string of the molecule is CCS(=O)(=O)CCCC(NC)c1ccncc1C. The Morgan fingerprint density at radius 3 is 2.72 bits per heavy atom. The van der Waals surface area contributed by atoms with Crippen LogP contribution in [0.4, 0.5) is 0 Å². The van der Waals surface area contributed by atoms with Gasteiger partial charge in [-0.05, 0) is 44.0 Å². The van der Waals surface area contributed by atoms with Gasteiger partial charge in [0.15, 0.2) is 0 Å². The summed E-state index contributed by atoms with van der Waals surface area (Å²) in [5, 5.41) is 3.24. The molecule has 0 aliphatic heterocycles. The zero-order valence-corrected chi connectivity index (χ0v) is 12.1. The first-order chi connectivity index (χ1) is 8.50. The van der Waals surface area contributed by atoms with Crippen LogP contribution in [0, 0.1) is 6.92 Å². The van der Waals surface area contributed by atoms with E-state index in [1.165, 1.54) is 5.56 Å². The summed E-state index contributed by atoms with van der Waals surface area (Å²) in [4.78, 5) is 4.07. The fourth-order valence-corrected chi connectivity index (χ4v) is 2.88. The van der Waals surface area contributed by atoms with Crippen molar-refractivity contribution in [2.24, 2.45) is 0 Å². The number of pyridine rings is 1. The smallest absolute Gasteiger partial charge is 0.150 e. The summed E-state index contributed by atoms with van der Waals surface area (Å²) in [6, 6.07) is 2.19. The summed E-state index contributed by atoms with van der Waals surface area (Å²) in [5.74, 6) is 0.497. The summed E-state index contributed by atoms with van der Waals surface area (Å²) in [7, 11) is -0.954. The van der Waals surface area contributed by atoms with Gasteiger partial charge >= 0.3 is 0 Å². The number of hydrogen-bond donors (Lipinski definition) is 1. The molecule has 1 N–H and O–H groups in total. The van der Waals surface area contributed by atoms with E-state index in [0.29, 0.717) is 6.42 Å². The summed E-state index contributed by atoms with van der Waals surface area (Å²) in [6.07, 6.45) is 5.11. The van der Waals surface area contributed by atoms with Crippen LogP contribution >= 0.6 is 0 Å². The van der Waals surface area contributed by atoms with E-state index in [2.05, 4.69) is 10.3 Å². The van der Waals surface area contributed by atoms with Gasteiger partial charge in [0.1, 0.15) is 9.84 Å². The topological polar surface area (TPSA) is 59.1 Å². The van der Waals surface area contributed by atoms with E-state index in [4.69, 9.17) is 0 Å².